The standard InChI is InChI=1S/C16H19NO3/c1-11-12-5-3-4-6-13(12)20-14(11)15(18)17-9-7-16(2,19)8-10-17/h3-6,19H,7-10H2,1-2H3. The van der Waals surface area contributed by atoms with E-state index in [1.165, 1.54) is 0 Å². The molecule has 0 bridgehead atoms. The van der Waals surface area contributed by atoms with Gasteiger partial charge in [0.2, 0.25) is 0 Å². The van der Waals surface area contributed by atoms with Gasteiger partial charge in [0.15, 0.2) is 5.76 Å². The number of aliphatic hydroxyl groups is 1. The van der Waals surface area contributed by atoms with Crippen LogP contribution >= 0.6 is 0 Å². The smallest absolute Gasteiger partial charge is 0.289 e. The van der Waals surface area contributed by atoms with Crippen molar-refractivity contribution < 1.29 is 14.3 Å². The summed E-state index contributed by atoms with van der Waals surface area (Å²) in [5.41, 5.74) is 0.986. The minimum atomic E-state index is -0.653. The molecule has 106 valence electrons. The van der Waals surface area contributed by atoms with Gasteiger partial charge in [-0.15, -0.1) is 0 Å². The Labute approximate surface area is 118 Å². The van der Waals surface area contributed by atoms with Crippen LogP contribution in [-0.2, 0) is 0 Å². The van der Waals surface area contributed by atoms with E-state index in [4.69, 9.17) is 4.42 Å². The molecule has 0 saturated carbocycles. The van der Waals surface area contributed by atoms with Crippen molar-refractivity contribution in [3.8, 4) is 0 Å². The van der Waals surface area contributed by atoms with Crippen molar-refractivity contribution in [2.24, 2.45) is 0 Å². The van der Waals surface area contributed by atoms with Gasteiger partial charge in [0, 0.05) is 24.0 Å². The Kier molecular flexibility index (Phi) is 3.05. The number of para-hydroxylation sites is 1. The van der Waals surface area contributed by atoms with Gasteiger partial charge in [-0.1, -0.05) is 18.2 Å². The molecule has 0 spiro atoms. The Morgan fingerprint density at radius 1 is 1.30 bits per heavy atom. The summed E-state index contributed by atoms with van der Waals surface area (Å²) in [6.45, 7) is 4.88. The lowest BCUT2D eigenvalue weighted by Crippen LogP contribution is -2.45. The lowest BCUT2D eigenvalue weighted by atomic mass is 9.93. The lowest BCUT2D eigenvalue weighted by Gasteiger charge is -2.35. The second-order valence-corrected chi connectivity index (χ2v) is 5.84. The fourth-order valence-electron chi connectivity index (χ4n) is 2.71. The molecule has 0 radical (unpaired) electrons. The molecule has 1 aliphatic rings. The zero-order chi connectivity index (χ0) is 14.3. The Balaban J connectivity index is 1.88. The summed E-state index contributed by atoms with van der Waals surface area (Å²) >= 11 is 0. The van der Waals surface area contributed by atoms with Gasteiger partial charge < -0.3 is 14.4 Å². The number of likely N-dealkylation sites (tertiary alicyclic amines) is 1. The second-order valence-electron chi connectivity index (χ2n) is 5.84. The number of amides is 1. The van der Waals surface area contributed by atoms with Gasteiger partial charge in [-0.25, -0.2) is 0 Å². The van der Waals surface area contributed by atoms with E-state index in [0.29, 0.717) is 31.7 Å². The van der Waals surface area contributed by atoms with Gasteiger partial charge in [-0.2, -0.15) is 0 Å². The summed E-state index contributed by atoms with van der Waals surface area (Å²) in [7, 11) is 0. The molecular formula is C16H19NO3. The lowest BCUT2D eigenvalue weighted by molar-refractivity contribution is -0.00285. The number of nitrogens with zero attached hydrogens (tertiary/aromatic N) is 1. The zero-order valence-corrected chi connectivity index (χ0v) is 11.8. The first kappa shape index (κ1) is 13.2. The number of fused-ring (bicyclic) bond motifs is 1. The molecule has 20 heavy (non-hydrogen) atoms. The van der Waals surface area contributed by atoms with Crippen LogP contribution in [0.25, 0.3) is 11.0 Å². The maximum absolute atomic E-state index is 12.6. The topological polar surface area (TPSA) is 53.7 Å². The summed E-state index contributed by atoms with van der Waals surface area (Å²) in [6, 6.07) is 7.68. The highest BCUT2D eigenvalue weighted by atomic mass is 16.3. The third kappa shape index (κ3) is 2.20. The second kappa shape index (κ2) is 4.63. The van der Waals surface area contributed by atoms with Gasteiger partial charge in [0.1, 0.15) is 5.58 Å². The Morgan fingerprint density at radius 2 is 1.95 bits per heavy atom. The molecule has 1 amide bonds. The van der Waals surface area contributed by atoms with E-state index in [2.05, 4.69) is 0 Å². The average Bonchev–Trinajstić information content (AvgIpc) is 2.76. The number of furan rings is 1. The number of hydrogen-bond donors (Lipinski definition) is 1. The van der Waals surface area contributed by atoms with Gasteiger partial charge in [0.05, 0.1) is 5.60 Å². The van der Waals surface area contributed by atoms with Crippen LogP contribution in [0.4, 0.5) is 0 Å². The first-order valence-electron chi connectivity index (χ1n) is 6.98. The van der Waals surface area contributed by atoms with Gasteiger partial charge >= 0.3 is 0 Å². The summed E-state index contributed by atoms with van der Waals surface area (Å²) < 4.78 is 5.71. The first-order chi connectivity index (χ1) is 9.48. The fourth-order valence-corrected chi connectivity index (χ4v) is 2.71. The molecule has 1 aliphatic heterocycles. The van der Waals surface area contributed by atoms with Crippen LogP contribution in [0.3, 0.4) is 0 Å². The minimum Gasteiger partial charge on any atom is -0.451 e. The number of rotatable bonds is 1. The number of aryl methyl sites for hydroxylation is 1. The third-order valence-electron chi connectivity index (χ3n) is 4.17. The summed E-state index contributed by atoms with van der Waals surface area (Å²) in [4.78, 5) is 14.3. The highest BCUT2D eigenvalue weighted by Gasteiger charge is 2.31. The third-order valence-corrected chi connectivity index (χ3v) is 4.17. The molecule has 1 aromatic heterocycles. The van der Waals surface area contributed by atoms with Crippen LogP contribution in [0.15, 0.2) is 28.7 Å². The fraction of sp³-hybridized carbons (Fsp3) is 0.438. The van der Waals surface area contributed by atoms with Crippen LogP contribution in [0.2, 0.25) is 0 Å². The molecule has 4 nitrogen and oxygen atoms in total. The minimum absolute atomic E-state index is 0.0748. The largest absolute Gasteiger partial charge is 0.451 e. The molecule has 2 aromatic rings. The number of piperidine rings is 1. The summed E-state index contributed by atoms with van der Waals surface area (Å²) in [5, 5.41) is 10.9. The van der Waals surface area contributed by atoms with Crippen molar-refractivity contribution in [2.75, 3.05) is 13.1 Å². The molecular weight excluding hydrogens is 254 g/mol. The van der Waals surface area contributed by atoms with E-state index in [-0.39, 0.29) is 5.91 Å². The van der Waals surface area contributed by atoms with Crippen molar-refractivity contribution >= 4 is 16.9 Å². The van der Waals surface area contributed by atoms with Crippen molar-refractivity contribution in [1.29, 1.82) is 0 Å². The van der Waals surface area contributed by atoms with Gasteiger partial charge in [-0.3, -0.25) is 4.79 Å². The number of hydrogen-bond acceptors (Lipinski definition) is 3. The van der Waals surface area contributed by atoms with Crippen LogP contribution in [0.5, 0.6) is 0 Å². The molecule has 1 aromatic carbocycles. The van der Waals surface area contributed by atoms with Crippen molar-refractivity contribution in [3.05, 3.63) is 35.6 Å². The molecule has 0 aliphatic carbocycles. The Morgan fingerprint density at radius 3 is 2.60 bits per heavy atom. The van der Waals surface area contributed by atoms with E-state index in [1.807, 2.05) is 38.1 Å². The van der Waals surface area contributed by atoms with E-state index in [9.17, 15) is 9.90 Å². The van der Waals surface area contributed by atoms with Crippen LogP contribution in [-0.4, -0.2) is 34.6 Å². The molecule has 0 atom stereocenters. The zero-order valence-electron chi connectivity index (χ0n) is 11.8. The van der Waals surface area contributed by atoms with E-state index < -0.39 is 5.60 Å². The molecule has 3 rings (SSSR count). The van der Waals surface area contributed by atoms with Crippen molar-refractivity contribution in [2.45, 2.75) is 32.3 Å². The van der Waals surface area contributed by atoms with E-state index in [1.54, 1.807) is 4.90 Å². The summed E-state index contributed by atoms with van der Waals surface area (Å²) in [5.74, 6) is 0.349. The van der Waals surface area contributed by atoms with Crippen LogP contribution in [0, 0.1) is 6.92 Å². The maximum atomic E-state index is 12.6. The van der Waals surface area contributed by atoms with Gasteiger partial charge in [-0.05, 0) is 32.8 Å². The highest BCUT2D eigenvalue weighted by Crippen LogP contribution is 2.28. The normalized spacial score (nSPS) is 18.4. The average molecular weight is 273 g/mol. The number of carbonyl (C=O) groups excluding carboxylic acids is 1. The predicted octanol–water partition coefficient (Wildman–Crippen LogP) is 2.73. The maximum Gasteiger partial charge on any atom is 0.289 e. The molecule has 2 heterocycles. The molecule has 4 heteroatoms. The molecule has 1 saturated heterocycles. The first-order valence-corrected chi connectivity index (χ1v) is 6.98. The predicted molar refractivity (Wildman–Crippen MR) is 76.7 cm³/mol. The van der Waals surface area contributed by atoms with Crippen molar-refractivity contribution in [1.82, 2.24) is 4.90 Å². The Bertz CT molecular complexity index is 647. The van der Waals surface area contributed by atoms with E-state index >= 15 is 0 Å². The monoisotopic (exact) mass is 273 g/mol. The summed E-state index contributed by atoms with van der Waals surface area (Å²) in [6.07, 6.45) is 1.22. The van der Waals surface area contributed by atoms with Crippen LogP contribution in [0.1, 0.15) is 35.9 Å². The Hall–Kier alpha value is -1.81. The SMILES string of the molecule is Cc1c(C(=O)N2CCC(C)(O)CC2)oc2ccccc12. The molecule has 0 unspecified atom stereocenters. The molecule has 1 fully saturated rings. The highest BCUT2D eigenvalue weighted by molar-refractivity contribution is 5.98. The number of benzene rings is 1. The molecule has 1 N–H and O–H groups in total. The van der Waals surface area contributed by atoms with E-state index in [0.717, 1.165) is 16.5 Å². The quantitative estimate of drug-likeness (QED) is 0.869. The van der Waals surface area contributed by atoms with Crippen molar-refractivity contribution in [3.63, 3.8) is 0 Å². The van der Waals surface area contributed by atoms with Gasteiger partial charge in [0.25, 0.3) is 5.91 Å². The number of carbonyl (C=O) groups is 1. The van der Waals surface area contributed by atoms with Crippen LogP contribution < -0.4 is 0 Å².